The van der Waals surface area contributed by atoms with Gasteiger partial charge in [0.15, 0.2) is 0 Å². The third-order valence-corrected chi connectivity index (χ3v) is 7.30. The van der Waals surface area contributed by atoms with Crippen molar-refractivity contribution in [3.63, 3.8) is 0 Å². The average molecular weight is 350 g/mol. The Morgan fingerprint density at radius 1 is 1.25 bits per heavy atom. The summed E-state index contributed by atoms with van der Waals surface area (Å²) in [7, 11) is -1.74. The maximum atomic E-state index is 13.1. The van der Waals surface area contributed by atoms with Gasteiger partial charge in [0, 0.05) is 26.1 Å². The standard InChI is InChI=1S/C16H19FN4O2S/c1-20-11-18-19-15(20)14-9-21(10-16(14)7-2-8-16)24(22,23)13-5-3-12(17)4-6-13/h3-6,11,14H,2,7-10H2,1H3. The van der Waals surface area contributed by atoms with Crippen LogP contribution < -0.4 is 0 Å². The van der Waals surface area contributed by atoms with Crippen LogP contribution in [0, 0.1) is 11.2 Å². The van der Waals surface area contributed by atoms with Crippen LogP contribution in [0.15, 0.2) is 35.5 Å². The van der Waals surface area contributed by atoms with Crippen LogP contribution in [0.25, 0.3) is 0 Å². The quantitative estimate of drug-likeness (QED) is 0.848. The van der Waals surface area contributed by atoms with Gasteiger partial charge in [0.2, 0.25) is 10.0 Å². The van der Waals surface area contributed by atoms with Crippen LogP contribution >= 0.6 is 0 Å². The fraction of sp³-hybridized carbons (Fsp3) is 0.500. The molecule has 6 nitrogen and oxygen atoms in total. The molecule has 128 valence electrons. The average Bonchev–Trinajstić information content (AvgIpc) is 3.10. The molecule has 1 aliphatic carbocycles. The van der Waals surface area contributed by atoms with Crippen LogP contribution in [0.1, 0.15) is 31.0 Å². The Bertz CT molecular complexity index is 858. The van der Waals surface area contributed by atoms with E-state index in [-0.39, 0.29) is 16.2 Å². The zero-order valence-electron chi connectivity index (χ0n) is 13.4. The van der Waals surface area contributed by atoms with Crippen molar-refractivity contribution in [1.29, 1.82) is 0 Å². The van der Waals surface area contributed by atoms with Gasteiger partial charge in [0.25, 0.3) is 0 Å². The zero-order valence-corrected chi connectivity index (χ0v) is 14.2. The fourth-order valence-corrected chi connectivity index (χ4v) is 5.51. The van der Waals surface area contributed by atoms with E-state index in [2.05, 4.69) is 10.2 Å². The molecule has 2 aromatic rings. The summed E-state index contributed by atoms with van der Waals surface area (Å²) in [6.07, 6.45) is 4.76. The summed E-state index contributed by atoms with van der Waals surface area (Å²) < 4.78 is 42.4. The number of hydrogen-bond acceptors (Lipinski definition) is 4. The first-order valence-corrected chi connectivity index (χ1v) is 9.46. The number of aryl methyl sites for hydroxylation is 1. The topological polar surface area (TPSA) is 68.1 Å². The molecule has 1 unspecified atom stereocenters. The molecule has 2 fully saturated rings. The molecule has 1 saturated heterocycles. The number of halogens is 1. The molecule has 4 rings (SSSR count). The van der Waals surface area contributed by atoms with Crippen molar-refractivity contribution in [2.75, 3.05) is 13.1 Å². The molecule has 8 heteroatoms. The van der Waals surface area contributed by atoms with Crippen LogP contribution in [0.5, 0.6) is 0 Å². The normalized spacial score (nSPS) is 23.5. The Labute approximate surface area is 140 Å². The van der Waals surface area contributed by atoms with Crippen molar-refractivity contribution in [3.8, 4) is 0 Å². The number of sulfonamides is 1. The second-order valence-electron chi connectivity index (χ2n) is 6.82. The van der Waals surface area contributed by atoms with Crippen molar-refractivity contribution in [2.45, 2.75) is 30.1 Å². The molecule has 0 N–H and O–H groups in total. The first kappa shape index (κ1) is 15.7. The van der Waals surface area contributed by atoms with Crippen molar-refractivity contribution in [1.82, 2.24) is 19.1 Å². The lowest BCUT2D eigenvalue weighted by Gasteiger charge is -2.42. The first-order chi connectivity index (χ1) is 11.4. The Morgan fingerprint density at radius 3 is 2.50 bits per heavy atom. The van der Waals surface area contributed by atoms with Gasteiger partial charge in [-0.3, -0.25) is 0 Å². The fourth-order valence-electron chi connectivity index (χ4n) is 3.96. The Hall–Kier alpha value is -1.80. The molecule has 0 amide bonds. The van der Waals surface area contributed by atoms with E-state index >= 15 is 0 Å². The second-order valence-corrected chi connectivity index (χ2v) is 8.76. The van der Waals surface area contributed by atoms with Gasteiger partial charge in [-0.25, -0.2) is 12.8 Å². The molecule has 1 aromatic carbocycles. The molecule has 0 bridgehead atoms. The summed E-state index contributed by atoms with van der Waals surface area (Å²) in [5.74, 6) is 0.447. The lowest BCUT2D eigenvalue weighted by Crippen LogP contribution is -2.38. The SMILES string of the molecule is Cn1cnnc1C1CN(S(=O)(=O)c2ccc(F)cc2)CC12CCC2. The number of rotatable bonds is 3. The minimum atomic E-state index is -3.63. The number of nitrogens with zero attached hydrogens (tertiary/aromatic N) is 4. The zero-order chi connectivity index (χ0) is 16.9. The number of benzene rings is 1. The minimum absolute atomic E-state index is 0.0477. The van der Waals surface area contributed by atoms with Crippen molar-refractivity contribution >= 4 is 10.0 Å². The Morgan fingerprint density at radius 2 is 1.96 bits per heavy atom. The summed E-state index contributed by atoms with van der Waals surface area (Å²) in [5.41, 5.74) is -0.0477. The third kappa shape index (κ3) is 2.28. The molecule has 2 heterocycles. The molecule has 1 aliphatic heterocycles. The van der Waals surface area contributed by atoms with Crippen molar-refractivity contribution in [2.24, 2.45) is 12.5 Å². The van der Waals surface area contributed by atoms with E-state index in [0.717, 1.165) is 25.1 Å². The van der Waals surface area contributed by atoms with Gasteiger partial charge in [0.1, 0.15) is 18.0 Å². The van der Waals surface area contributed by atoms with Gasteiger partial charge in [-0.05, 0) is 42.5 Å². The van der Waals surface area contributed by atoms with Gasteiger partial charge < -0.3 is 4.57 Å². The van der Waals surface area contributed by atoms with E-state index in [1.54, 1.807) is 6.33 Å². The van der Waals surface area contributed by atoms with Gasteiger partial charge in [-0.1, -0.05) is 6.42 Å². The van der Waals surface area contributed by atoms with Crippen LogP contribution in [-0.2, 0) is 17.1 Å². The molecule has 1 atom stereocenters. The smallest absolute Gasteiger partial charge is 0.243 e. The number of hydrogen-bond donors (Lipinski definition) is 0. The van der Waals surface area contributed by atoms with E-state index < -0.39 is 15.8 Å². The van der Waals surface area contributed by atoms with Gasteiger partial charge >= 0.3 is 0 Å². The second kappa shape index (κ2) is 5.35. The van der Waals surface area contributed by atoms with Crippen LogP contribution in [-0.4, -0.2) is 40.6 Å². The molecule has 0 radical (unpaired) electrons. The van der Waals surface area contributed by atoms with Gasteiger partial charge in [-0.15, -0.1) is 10.2 Å². The predicted molar refractivity (Wildman–Crippen MR) is 85.2 cm³/mol. The van der Waals surface area contributed by atoms with E-state index in [9.17, 15) is 12.8 Å². The molecular weight excluding hydrogens is 331 g/mol. The summed E-state index contributed by atoms with van der Waals surface area (Å²) in [6, 6.07) is 5.02. The Kier molecular flexibility index (Phi) is 3.50. The lowest BCUT2D eigenvalue weighted by atomic mass is 9.62. The molecule has 1 saturated carbocycles. The maximum absolute atomic E-state index is 13.1. The minimum Gasteiger partial charge on any atom is -0.320 e. The van der Waals surface area contributed by atoms with Gasteiger partial charge in [0.05, 0.1) is 4.90 Å². The van der Waals surface area contributed by atoms with Crippen LogP contribution in [0.2, 0.25) is 0 Å². The van der Waals surface area contributed by atoms with Crippen molar-refractivity contribution in [3.05, 3.63) is 42.2 Å². The summed E-state index contributed by atoms with van der Waals surface area (Å²) in [5, 5.41) is 8.17. The van der Waals surface area contributed by atoms with E-state index in [1.807, 2.05) is 11.6 Å². The van der Waals surface area contributed by atoms with Crippen LogP contribution in [0.3, 0.4) is 0 Å². The summed E-state index contributed by atoms with van der Waals surface area (Å²) in [4.78, 5) is 0.136. The Balaban J connectivity index is 1.68. The highest BCUT2D eigenvalue weighted by atomic mass is 32.2. The molecule has 1 spiro atoms. The van der Waals surface area contributed by atoms with E-state index in [0.29, 0.717) is 13.1 Å². The van der Waals surface area contributed by atoms with Crippen LogP contribution in [0.4, 0.5) is 4.39 Å². The highest BCUT2D eigenvalue weighted by molar-refractivity contribution is 7.89. The molecule has 1 aromatic heterocycles. The largest absolute Gasteiger partial charge is 0.320 e. The molecule has 2 aliphatic rings. The summed E-state index contributed by atoms with van der Waals surface area (Å²) in [6.45, 7) is 0.885. The highest BCUT2D eigenvalue weighted by Crippen LogP contribution is 2.56. The third-order valence-electron chi connectivity index (χ3n) is 5.48. The molecular formula is C16H19FN4O2S. The van der Waals surface area contributed by atoms with E-state index in [1.165, 1.54) is 28.6 Å². The molecule has 24 heavy (non-hydrogen) atoms. The first-order valence-electron chi connectivity index (χ1n) is 8.02. The highest BCUT2D eigenvalue weighted by Gasteiger charge is 2.55. The van der Waals surface area contributed by atoms with Gasteiger partial charge in [-0.2, -0.15) is 4.31 Å². The predicted octanol–water partition coefficient (Wildman–Crippen LogP) is 1.91. The summed E-state index contributed by atoms with van der Waals surface area (Å²) >= 11 is 0. The monoisotopic (exact) mass is 350 g/mol. The van der Waals surface area contributed by atoms with Crippen molar-refractivity contribution < 1.29 is 12.8 Å². The maximum Gasteiger partial charge on any atom is 0.243 e. The number of aromatic nitrogens is 3. The lowest BCUT2D eigenvalue weighted by molar-refractivity contribution is 0.126. The van der Waals surface area contributed by atoms with E-state index in [4.69, 9.17) is 0 Å².